The van der Waals surface area contributed by atoms with Gasteiger partial charge in [-0.15, -0.1) is 0 Å². The lowest BCUT2D eigenvalue weighted by molar-refractivity contribution is 0.0644. The van der Waals surface area contributed by atoms with Gasteiger partial charge in [-0.25, -0.2) is 0 Å². The molecule has 1 aromatic carbocycles. The second-order valence-corrected chi connectivity index (χ2v) is 3.73. The summed E-state index contributed by atoms with van der Waals surface area (Å²) >= 11 is 0. The number of aliphatic hydroxyl groups is 1. The number of aromatic hydroxyl groups is 1. The van der Waals surface area contributed by atoms with Crippen LogP contribution >= 0.6 is 0 Å². The molecule has 5 nitrogen and oxygen atoms in total. The smallest absolute Gasteiger partial charge is 0.123 e. The summed E-state index contributed by atoms with van der Waals surface area (Å²) in [6.45, 7) is 1.19. The van der Waals surface area contributed by atoms with E-state index in [1.54, 1.807) is 32.4 Å². The fourth-order valence-electron chi connectivity index (χ4n) is 1.44. The quantitative estimate of drug-likeness (QED) is 0.648. The van der Waals surface area contributed by atoms with Crippen molar-refractivity contribution in [2.75, 3.05) is 27.4 Å². The first-order chi connectivity index (χ1) is 8.17. The van der Waals surface area contributed by atoms with Gasteiger partial charge in [-0.05, 0) is 6.07 Å². The Morgan fingerprint density at radius 2 is 2.12 bits per heavy atom. The molecule has 0 bridgehead atoms. The zero-order valence-electron chi connectivity index (χ0n) is 10.1. The maximum absolute atomic E-state index is 9.68. The summed E-state index contributed by atoms with van der Waals surface area (Å²) in [5, 5.41) is 22.1. The third-order valence-corrected chi connectivity index (χ3v) is 2.35. The number of nitrogens with one attached hydrogen (secondary N) is 1. The van der Waals surface area contributed by atoms with Crippen LogP contribution in [0, 0.1) is 0 Å². The molecule has 0 aliphatic carbocycles. The molecule has 0 saturated carbocycles. The predicted molar refractivity (Wildman–Crippen MR) is 64.2 cm³/mol. The fourth-order valence-corrected chi connectivity index (χ4v) is 1.44. The highest BCUT2D eigenvalue weighted by Crippen LogP contribution is 2.22. The Kier molecular flexibility index (Phi) is 5.76. The van der Waals surface area contributed by atoms with Crippen LogP contribution < -0.4 is 10.1 Å². The van der Waals surface area contributed by atoms with Crippen molar-refractivity contribution in [2.24, 2.45) is 0 Å². The lowest BCUT2D eigenvalue weighted by Crippen LogP contribution is -2.29. The van der Waals surface area contributed by atoms with E-state index in [0.717, 1.165) is 5.56 Å². The predicted octanol–water partition coefficient (Wildman–Crippen LogP) is 0.498. The molecule has 0 heterocycles. The Balaban J connectivity index is 2.41. The molecule has 0 fully saturated rings. The summed E-state index contributed by atoms with van der Waals surface area (Å²) in [4.78, 5) is 0. The zero-order valence-corrected chi connectivity index (χ0v) is 10.1. The second kappa shape index (κ2) is 7.11. The van der Waals surface area contributed by atoms with Crippen LogP contribution in [0.2, 0.25) is 0 Å². The largest absolute Gasteiger partial charge is 0.507 e. The lowest BCUT2D eigenvalue weighted by atomic mass is 10.2. The van der Waals surface area contributed by atoms with Gasteiger partial charge in [0.1, 0.15) is 11.5 Å². The van der Waals surface area contributed by atoms with Crippen LogP contribution in [0.1, 0.15) is 5.56 Å². The Morgan fingerprint density at radius 3 is 2.71 bits per heavy atom. The van der Waals surface area contributed by atoms with Crippen LogP contribution in [0.4, 0.5) is 0 Å². The fraction of sp³-hybridized carbons (Fsp3) is 0.500. The second-order valence-electron chi connectivity index (χ2n) is 3.73. The molecular formula is C12H19NO4. The molecule has 1 rings (SSSR count). The van der Waals surface area contributed by atoms with Crippen LogP contribution in [-0.4, -0.2) is 43.7 Å². The molecule has 1 aromatic rings. The SMILES string of the molecule is COCC(O)CNCc1ccc(OC)cc1O. The van der Waals surface area contributed by atoms with E-state index < -0.39 is 6.10 Å². The minimum absolute atomic E-state index is 0.179. The summed E-state index contributed by atoms with van der Waals surface area (Å²) in [7, 11) is 3.09. The number of phenols is 1. The molecule has 1 unspecified atom stereocenters. The third-order valence-electron chi connectivity index (χ3n) is 2.35. The van der Waals surface area contributed by atoms with Crippen molar-refractivity contribution in [3.8, 4) is 11.5 Å². The Bertz CT molecular complexity index is 343. The topological polar surface area (TPSA) is 71.0 Å². The van der Waals surface area contributed by atoms with Crippen LogP contribution in [0.25, 0.3) is 0 Å². The van der Waals surface area contributed by atoms with Gasteiger partial charge in [0.05, 0.1) is 19.8 Å². The van der Waals surface area contributed by atoms with E-state index in [0.29, 0.717) is 25.4 Å². The number of rotatable bonds is 7. The zero-order chi connectivity index (χ0) is 12.7. The molecule has 5 heteroatoms. The van der Waals surface area contributed by atoms with Gasteiger partial charge >= 0.3 is 0 Å². The first-order valence-electron chi connectivity index (χ1n) is 5.41. The molecule has 0 aromatic heterocycles. The van der Waals surface area contributed by atoms with E-state index in [2.05, 4.69) is 5.32 Å². The van der Waals surface area contributed by atoms with Crippen molar-refractivity contribution in [2.45, 2.75) is 12.6 Å². The van der Waals surface area contributed by atoms with Gasteiger partial charge in [-0.2, -0.15) is 0 Å². The van der Waals surface area contributed by atoms with Gasteiger partial charge in [0.15, 0.2) is 0 Å². The summed E-state index contributed by atoms with van der Waals surface area (Å²) in [5.74, 6) is 0.795. The molecule has 0 aliphatic rings. The maximum atomic E-state index is 9.68. The van der Waals surface area contributed by atoms with Crippen molar-refractivity contribution in [1.29, 1.82) is 0 Å². The Morgan fingerprint density at radius 1 is 1.35 bits per heavy atom. The van der Waals surface area contributed by atoms with Crippen molar-refractivity contribution in [1.82, 2.24) is 5.32 Å². The van der Waals surface area contributed by atoms with E-state index in [-0.39, 0.29) is 5.75 Å². The summed E-state index contributed by atoms with van der Waals surface area (Å²) in [5.41, 5.74) is 0.760. The standard InChI is InChI=1S/C12H19NO4/c1-16-8-10(14)7-13-6-9-3-4-11(17-2)5-12(9)15/h3-5,10,13-15H,6-8H2,1-2H3. The Hall–Kier alpha value is -1.30. The van der Waals surface area contributed by atoms with Gasteiger partial charge < -0.3 is 25.0 Å². The highest BCUT2D eigenvalue weighted by Gasteiger charge is 2.05. The van der Waals surface area contributed by atoms with Crippen LogP contribution in [0.5, 0.6) is 11.5 Å². The lowest BCUT2D eigenvalue weighted by Gasteiger charge is -2.11. The van der Waals surface area contributed by atoms with Gasteiger partial charge in [0.25, 0.3) is 0 Å². The van der Waals surface area contributed by atoms with Gasteiger partial charge in [-0.1, -0.05) is 6.07 Å². The first-order valence-corrected chi connectivity index (χ1v) is 5.41. The van der Waals surface area contributed by atoms with Crippen molar-refractivity contribution < 1.29 is 19.7 Å². The van der Waals surface area contributed by atoms with Gasteiger partial charge in [0, 0.05) is 31.8 Å². The summed E-state index contributed by atoms with van der Waals surface area (Å²) in [6, 6.07) is 5.12. The van der Waals surface area contributed by atoms with E-state index in [9.17, 15) is 10.2 Å². The number of ether oxygens (including phenoxy) is 2. The summed E-state index contributed by atoms with van der Waals surface area (Å²) < 4.78 is 9.79. The van der Waals surface area contributed by atoms with Crippen LogP contribution in [-0.2, 0) is 11.3 Å². The average molecular weight is 241 g/mol. The van der Waals surface area contributed by atoms with E-state index in [4.69, 9.17) is 9.47 Å². The molecule has 0 saturated heterocycles. The van der Waals surface area contributed by atoms with Crippen molar-refractivity contribution in [3.63, 3.8) is 0 Å². The molecule has 0 spiro atoms. The molecule has 0 amide bonds. The minimum atomic E-state index is -0.541. The molecule has 0 radical (unpaired) electrons. The van der Waals surface area contributed by atoms with Crippen molar-refractivity contribution >= 4 is 0 Å². The number of hydrogen-bond donors (Lipinski definition) is 3. The molecule has 0 aliphatic heterocycles. The Labute approximate surface area is 101 Å². The first kappa shape index (κ1) is 13.8. The van der Waals surface area contributed by atoms with Crippen LogP contribution in [0.15, 0.2) is 18.2 Å². The van der Waals surface area contributed by atoms with Crippen molar-refractivity contribution in [3.05, 3.63) is 23.8 Å². The molecular weight excluding hydrogens is 222 g/mol. The monoisotopic (exact) mass is 241 g/mol. The van der Waals surface area contributed by atoms with Gasteiger partial charge in [-0.3, -0.25) is 0 Å². The number of benzene rings is 1. The highest BCUT2D eigenvalue weighted by molar-refractivity contribution is 5.39. The van der Waals surface area contributed by atoms with E-state index in [1.807, 2.05) is 0 Å². The van der Waals surface area contributed by atoms with Gasteiger partial charge in [0.2, 0.25) is 0 Å². The number of methoxy groups -OCH3 is 2. The number of phenolic OH excluding ortho intramolecular Hbond substituents is 1. The molecule has 17 heavy (non-hydrogen) atoms. The highest BCUT2D eigenvalue weighted by atomic mass is 16.5. The molecule has 1 atom stereocenters. The normalized spacial score (nSPS) is 12.4. The van der Waals surface area contributed by atoms with E-state index >= 15 is 0 Å². The minimum Gasteiger partial charge on any atom is -0.507 e. The van der Waals surface area contributed by atoms with E-state index in [1.165, 1.54) is 0 Å². The molecule has 3 N–H and O–H groups in total. The maximum Gasteiger partial charge on any atom is 0.123 e. The third kappa shape index (κ3) is 4.60. The summed E-state index contributed by atoms with van der Waals surface area (Å²) in [6.07, 6.45) is -0.541. The number of aliphatic hydroxyl groups excluding tert-OH is 1. The van der Waals surface area contributed by atoms with Crippen LogP contribution in [0.3, 0.4) is 0 Å². The molecule has 96 valence electrons. The average Bonchev–Trinajstić information content (AvgIpc) is 2.31. The number of hydrogen-bond acceptors (Lipinski definition) is 5.